The van der Waals surface area contributed by atoms with Gasteiger partial charge in [0.05, 0.1) is 6.20 Å². The lowest BCUT2D eigenvalue weighted by atomic mass is 10.0. The number of benzene rings is 1. The van der Waals surface area contributed by atoms with Crippen LogP contribution >= 0.6 is 22.6 Å². The largest absolute Gasteiger partial charge is 0.452 e. The Bertz CT molecular complexity index is 601. The molecule has 0 atom stereocenters. The fraction of sp³-hybridized carbons (Fsp3) is 0.231. The number of nitrogen functional groups attached to an aromatic ring is 2. The Kier molecular flexibility index (Phi) is 4.08. The molecule has 5 nitrogen and oxygen atoms in total. The molecule has 0 aliphatic rings. The van der Waals surface area contributed by atoms with E-state index in [4.69, 9.17) is 16.2 Å². The predicted molar refractivity (Wildman–Crippen MR) is 84.2 cm³/mol. The molecule has 1 aromatic carbocycles. The molecule has 4 N–H and O–H groups in total. The molecule has 0 radical (unpaired) electrons. The highest BCUT2D eigenvalue weighted by atomic mass is 127. The standard InChI is InChI=1S/C13H15IN4O/c1-7(2)9-4-3-8(14)5-10(9)19-11-6-17-13(16)18-12(11)15/h3-7H,1-2H3,(H4,15,16,17,18). The number of ether oxygens (including phenoxy) is 1. The van der Waals surface area contributed by atoms with Crippen LogP contribution in [0.1, 0.15) is 25.3 Å². The monoisotopic (exact) mass is 370 g/mol. The topological polar surface area (TPSA) is 87.0 Å². The molecule has 1 heterocycles. The van der Waals surface area contributed by atoms with Crippen molar-refractivity contribution < 1.29 is 4.74 Å². The summed E-state index contributed by atoms with van der Waals surface area (Å²) in [4.78, 5) is 7.78. The van der Waals surface area contributed by atoms with Crippen LogP contribution in [0.4, 0.5) is 11.8 Å². The Balaban J connectivity index is 2.39. The number of aromatic nitrogens is 2. The van der Waals surface area contributed by atoms with Crippen molar-refractivity contribution in [2.45, 2.75) is 19.8 Å². The van der Waals surface area contributed by atoms with Crippen molar-refractivity contribution in [2.75, 3.05) is 11.5 Å². The molecule has 0 saturated heterocycles. The Hall–Kier alpha value is -1.57. The normalized spacial score (nSPS) is 10.7. The molecule has 19 heavy (non-hydrogen) atoms. The van der Waals surface area contributed by atoms with Gasteiger partial charge in [-0.3, -0.25) is 0 Å². The zero-order chi connectivity index (χ0) is 14.0. The first-order valence-corrected chi connectivity index (χ1v) is 6.90. The van der Waals surface area contributed by atoms with Gasteiger partial charge in [0.15, 0.2) is 11.6 Å². The minimum atomic E-state index is 0.136. The molecule has 0 spiro atoms. The van der Waals surface area contributed by atoms with E-state index in [-0.39, 0.29) is 11.8 Å². The lowest BCUT2D eigenvalue weighted by Gasteiger charge is -2.14. The Labute approximate surface area is 125 Å². The SMILES string of the molecule is CC(C)c1ccc(I)cc1Oc1cnc(N)nc1N. The molecule has 0 fully saturated rings. The molecule has 6 heteroatoms. The van der Waals surface area contributed by atoms with Crippen LogP contribution in [0.2, 0.25) is 0 Å². The van der Waals surface area contributed by atoms with Crippen LogP contribution in [0.15, 0.2) is 24.4 Å². The van der Waals surface area contributed by atoms with Crippen LogP contribution in [-0.4, -0.2) is 9.97 Å². The Morgan fingerprint density at radius 2 is 1.95 bits per heavy atom. The summed E-state index contributed by atoms with van der Waals surface area (Å²) in [6.45, 7) is 4.22. The Morgan fingerprint density at radius 1 is 1.21 bits per heavy atom. The van der Waals surface area contributed by atoms with Crippen molar-refractivity contribution in [3.63, 3.8) is 0 Å². The first kappa shape index (κ1) is 13.9. The molecular weight excluding hydrogens is 355 g/mol. The quantitative estimate of drug-likeness (QED) is 0.811. The van der Waals surface area contributed by atoms with Crippen molar-refractivity contribution in [1.82, 2.24) is 9.97 Å². The van der Waals surface area contributed by atoms with E-state index >= 15 is 0 Å². The number of rotatable bonds is 3. The molecule has 0 unspecified atom stereocenters. The van der Waals surface area contributed by atoms with Gasteiger partial charge in [-0.2, -0.15) is 4.98 Å². The van der Waals surface area contributed by atoms with Gasteiger partial charge in [-0.05, 0) is 46.2 Å². The van der Waals surface area contributed by atoms with Gasteiger partial charge in [0, 0.05) is 3.57 Å². The van der Waals surface area contributed by atoms with E-state index in [1.165, 1.54) is 6.20 Å². The van der Waals surface area contributed by atoms with Gasteiger partial charge in [0.25, 0.3) is 0 Å². The summed E-state index contributed by atoms with van der Waals surface area (Å²) >= 11 is 2.24. The van der Waals surface area contributed by atoms with Gasteiger partial charge in [-0.1, -0.05) is 19.9 Å². The third-order valence-electron chi connectivity index (χ3n) is 2.62. The van der Waals surface area contributed by atoms with Crippen molar-refractivity contribution in [3.05, 3.63) is 33.5 Å². The van der Waals surface area contributed by atoms with Crippen LogP contribution in [0.5, 0.6) is 11.5 Å². The third-order valence-corrected chi connectivity index (χ3v) is 3.29. The summed E-state index contributed by atoms with van der Waals surface area (Å²) in [5.74, 6) is 1.90. The third kappa shape index (κ3) is 3.25. The fourth-order valence-electron chi connectivity index (χ4n) is 1.67. The molecule has 0 amide bonds. The summed E-state index contributed by atoms with van der Waals surface area (Å²) in [7, 11) is 0. The zero-order valence-corrected chi connectivity index (χ0v) is 12.9. The smallest absolute Gasteiger partial charge is 0.222 e. The highest BCUT2D eigenvalue weighted by molar-refractivity contribution is 14.1. The number of hydrogen-bond donors (Lipinski definition) is 2. The van der Waals surface area contributed by atoms with E-state index in [2.05, 4.69) is 52.5 Å². The first-order valence-electron chi connectivity index (χ1n) is 5.82. The second kappa shape index (κ2) is 5.60. The van der Waals surface area contributed by atoms with Crippen molar-refractivity contribution in [3.8, 4) is 11.5 Å². The summed E-state index contributed by atoms with van der Waals surface area (Å²) in [6.07, 6.45) is 1.49. The number of nitrogens with zero attached hydrogens (tertiary/aromatic N) is 2. The maximum atomic E-state index is 5.83. The van der Waals surface area contributed by atoms with Crippen molar-refractivity contribution in [1.29, 1.82) is 0 Å². The minimum Gasteiger partial charge on any atom is -0.452 e. The van der Waals surface area contributed by atoms with Gasteiger partial charge >= 0.3 is 0 Å². The van der Waals surface area contributed by atoms with E-state index < -0.39 is 0 Å². The van der Waals surface area contributed by atoms with E-state index in [1.54, 1.807) is 0 Å². The molecular formula is C13H15IN4O. The lowest BCUT2D eigenvalue weighted by molar-refractivity contribution is 0.471. The van der Waals surface area contributed by atoms with E-state index in [9.17, 15) is 0 Å². The molecule has 0 aliphatic carbocycles. The van der Waals surface area contributed by atoms with Gasteiger partial charge < -0.3 is 16.2 Å². The van der Waals surface area contributed by atoms with Crippen molar-refractivity contribution >= 4 is 34.4 Å². The number of nitrogens with two attached hydrogens (primary N) is 2. The maximum Gasteiger partial charge on any atom is 0.222 e. The second-order valence-corrected chi connectivity index (χ2v) is 5.66. The molecule has 2 aromatic rings. The van der Waals surface area contributed by atoms with Gasteiger partial charge in [0.1, 0.15) is 5.75 Å². The molecule has 0 bridgehead atoms. The van der Waals surface area contributed by atoms with Crippen LogP contribution < -0.4 is 16.2 Å². The summed E-state index contributed by atoms with van der Waals surface area (Å²) < 4.78 is 6.92. The number of anilines is 2. The average Bonchev–Trinajstić information content (AvgIpc) is 2.32. The maximum absolute atomic E-state index is 5.83. The molecule has 100 valence electrons. The van der Waals surface area contributed by atoms with Gasteiger partial charge in [-0.15, -0.1) is 0 Å². The average molecular weight is 370 g/mol. The molecule has 2 rings (SSSR count). The van der Waals surface area contributed by atoms with E-state index in [1.807, 2.05) is 12.1 Å². The van der Waals surface area contributed by atoms with Crippen LogP contribution in [0.3, 0.4) is 0 Å². The Morgan fingerprint density at radius 3 is 2.58 bits per heavy atom. The highest BCUT2D eigenvalue weighted by Gasteiger charge is 2.12. The minimum absolute atomic E-state index is 0.136. The first-order chi connectivity index (χ1) is 8.97. The molecule has 0 saturated carbocycles. The number of halogens is 1. The highest BCUT2D eigenvalue weighted by Crippen LogP contribution is 2.33. The second-order valence-electron chi connectivity index (χ2n) is 4.42. The van der Waals surface area contributed by atoms with E-state index in [0.717, 1.165) is 14.9 Å². The number of hydrogen-bond acceptors (Lipinski definition) is 5. The van der Waals surface area contributed by atoms with Crippen LogP contribution in [0, 0.1) is 3.57 Å². The van der Waals surface area contributed by atoms with Gasteiger partial charge in [0.2, 0.25) is 5.95 Å². The fourth-order valence-corrected chi connectivity index (χ4v) is 2.13. The van der Waals surface area contributed by atoms with Crippen LogP contribution in [0.25, 0.3) is 0 Å². The molecule has 0 aliphatic heterocycles. The summed E-state index contributed by atoms with van der Waals surface area (Å²) in [5.41, 5.74) is 12.3. The summed E-state index contributed by atoms with van der Waals surface area (Å²) in [5, 5.41) is 0. The van der Waals surface area contributed by atoms with Gasteiger partial charge in [-0.25, -0.2) is 4.98 Å². The lowest BCUT2D eigenvalue weighted by Crippen LogP contribution is -2.02. The predicted octanol–water partition coefficient (Wildman–Crippen LogP) is 3.16. The van der Waals surface area contributed by atoms with E-state index in [0.29, 0.717) is 11.7 Å². The summed E-state index contributed by atoms with van der Waals surface area (Å²) in [6, 6.07) is 6.06. The van der Waals surface area contributed by atoms with Crippen molar-refractivity contribution in [2.24, 2.45) is 0 Å². The zero-order valence-electron chi connectivity index (χ0n) is 10.7. The van der Waals surface area contributed by atoms with Crippen LogP contribution in [-0.2, 0) is 0 Å². The molecule has 1 aromatic heterocycles.